The number of amides is 3. The van der Waals surface area contributed by atoms with Crippen LogP contribution in [0.25, 0.3) is 0 Å². The van der Waals surface area contributed by atoms with Crippen LogP contribution in [0.4, 0.5) is 5.82 Å². The number of carbonyl (C=O) groups is 3. The van der Waals surface area contributed by atoms with Gasteiger partial charge in [0, 0.05) is 32.8 Å². The lowest BCUT2D eigenvalue weighted by Crippen LogP contribution is -2.39. The predicted octanol–water partition coefficient (Wildman–Crippen LogP) is 1.05. The second kappa shape index (κ2) is 7.21. The van der Waals surface area contributed by atoms with E-state index in [0.29, 0.717) is 18.3 Å². The summed E-state index contributed by atoms with van der Waals surface area (Å²) in [7, 11) is 1.60. The highest BCUT2D eigenvalue weighted by Gasteiger charge is 2.38. The molecule has 134 valence electrons. The zero-order valence-corrected chi connectivity index (χ0v) is 14.7. The summed E-state index contributed by atoms with van der Waals surface area (Å²) in [6.45, 7) is 3.10. The number of rotatable bonds is 6. The van der Waals surface area contributed by atoms with Crippen LogP contribution in [0, 0.1) is 18.8 Å². The molecule has 3 amide bonds. The number of likely N-dealkylation sites (tertiary alicyclic amines) is 1. The van der Waals surface area contributed by atoms with Gasteiger partial charge in [-0.1, -0.05) is 0 Å². The summed E-state index contributed by atoms with van der Waals surface area (Å²) in [6.07, 6.45) is 4.22. The monoisotopic (exact) mass is 344 g/mol. The van der Waals surface area contributed by atoms with Crippen molar-refractivity contribution in [2.75, 3.05) is 32.0 Å². The molecule has 25 heavy (non-hydrogen) atoms. The van der Waals surface area contributed by atoms with E-state index < -0.39 is 0 Å². The minimum absolute atomic E-state index is 0.0482. The van der Waals surface area contributed by atoms with Crippen molar-refractivity contribution < 1.29 is 14.4 Å². The van der Waals surface area contributed by atoms with Gasteiger partial charge in [-0.05, 0) is 43.4 Å². The average Bonchev–Trinajstić information content (AvgIpc) is 3.29. The third kappa shape index (κ3) is 4.55. The van der Waals surface area contributed by atoms with Crippen molar-refractivity contribution in [2.45, 2.75) is 26.2 Å². The van der Waals surface area contributed by atoms with Gasteiger partial charge < -0.3 is 15.1 Å². The number of anilines is 1. The van der Waals surface area contributed by atoms with E-state index in [9.17, 15) is 14.4 Å². The van der Waals surface area contributed by atoms with Gasteiger partial charge in [0.2, 0.25) is 17.7 Å². The SMILES string of the molecule is Cc1ccnc(NC(=O)CN(C)C(=O)[C@@H]2CC(=O)N(CC3CC3)C2)c1. The summed E-state index contributed by atoms with van der Waals surface area (Å²) < 4.78 is 0. The molecular weight excluding hydrogens is 320 g/mol. The Morgan fingerprint density at radius 2 is 2.16 bits per heavy atom. The topological polar surface area (TPSA) is 82.6 Å². The van der Waals surface area contributed by atoms with Gasteiger partial charge >= 0.3 is 0 Å². The van der Waals surface area contributed by atoms with E-state index in [4.69, 9.17) is 0 Å². The molecule has 1 saturated heterocycles. The van der Waals surface area contributed by atoms with Crippen LogP contribution in [-0.4, -0.2) is 59.2 Å². The van der Waals surface area contributed by atoms with Gasteiger partial charge in [-0.15, -0.1) is 0 Å². The van der Waals surface area contributed by atoms with E-state index in [1.807, 2.05) is 13.0 Å². The Hall–Kier alpha value is -2.44. The lowest BCUT2D eigenvalue weighted by atomic mass is 10.1. The number of likely N-dealkylation sites (N-methyl/N-ethyl adjacent to an activating group) is 1. The van der Waals surface area contributed by atoms with Crippen molar-refractivity contribution in [3.63, 3.8) is 0 Å². The number of hydrogen-bond acceptors (Lipinski definition) is 4. The van der Waals surface area contributed by atoms with Gasteiger partial charge in [0.1, 0.15) is 5.82 Å². The van der Waals surface area contributed by atoms with Crippen LogP contribution in [0.3, 0.4) is 0 Å². The molecule has 1 aliphatic carbocycles. The maximum absolute atomic E-state index is 12.5. The molecule has 7 heteroatoms. The molecule has 0 unspecified atom stereocenters. The van der Waals surface area contributed by atoms with Gasteiger partial charge in [-0.2, -0.15) is 0 Å². The molecule has 0 aromatic carbocycles. The quantitative estimate of drug-likeness (QED) is 0.836. The number of nitrogens with zero attached hydrogens (tertiary/aromatic N) is 3. The predicted molar refractivity (Wildman–Crippen MR) is 92.7 cm³/mol. The van der Waals surface area contributed by atoms with Crippen molar-refractivity contribution >= 4 is 23.5 Å². The van der Waals surface area contributed by atoms with Gasteiger partial charge in [0.25, 0.3) is 0 Å². The second-order valence-corrected chi connectivity index (χ2v) is 7.10. The Morgan fingerprint density at radius 1 is 1.40 bits per heavy atom. The third-order valence-electron chi connectivity index (χ3n) is 4.68. The Labute approximate surface area is 147 Å². The molecule has 2 aliphatic rings. The van der Waals surface area contributed by atoms with Crippen LogP contribution in [-0.2, 0) is 14.4 Å². The first-order valence-electron chi connectivity index (χ1n) is 8.67. The average molecular weight is 344 g/mol. The molecular formula is C18H24N4O3. The van der Waals surface area contributed by atoms with E-state index in [1.54, 1.807) is 24.2 Å². The van der Waals surface area contributed by atoms with Crippen molar-refractivity contribution in [3.05, 3.63) is 23.9 Å². The number of hydrogen-bond donors (Lipinski definition) is 1. The molecule has 1 saturated carbocycles. The summed E-state index contributed by atoms with van der Waals surface area (Å²) in [5, 5.41) is 2.69. The number of aromatic nitrogens is 1. The summed E-state index contributed by atoms with van der Waals surface area (Å²) in [5.74, 6) is 0.334. The second-order valence-electron chi connectivity index (χ2n) is 7.10. The zero-order valence-electron chi connectivity index (χ0n) is 14.7. The minimum atomic E-state index is -0.346. The van der Waals surface area contributed by atoms with E-state index in [2.05, 4.69) is 10.3 Å². The Bertz CT molecular complexity index is 687. The first kappa shape index (κ1) is 17.4. The molecule has 1 atom stereocenters. The van der Waals surface area contributed by atoms with E-state index in [-0.39, 0.29) is 36.6 Å². The van der Waals surface area contributed by atoms with Crippen LogP contribution >= 0.6 is 0 Å². The first-order valence-corrected chi connectivity index (χ1v) is 8.67. The van der Waals surface area contributed by atoms with Crippen molar-refractivity contribution in [1.29, 1.82) is 0 Å². The highest BCUT2D eigenvalue weighted by atomic mass is 16.2. The van der Waals surface area contributed by atoms with Crippen LogP contribution in [0.5, 0.6) is 0 Å². The number of aryl methyl sites for hydroxylation is 1. The standard InChI is InChI=1S/C18H24N4O3/c1-12-5-6-19-15(7-12)20-16(23)11-21(2)18(25)14-8-17(24)22(10-14)9-13-3-4-13/h5-7,13-14H,3-4,8-11H2,1-2H3,(H,19,20,23)/t14-/m1/s1. The summed E-state index contributed by atoms with van der Waals surface area (Å²) in [6, 6.07) is 3.61. The Kier molecular flexibility index (Phi) is 5.01. The van der Waals surface area contributed by atoms with Crippen LogP contribution in [0.15, 0.2) is 18.3 Å². The van der Waals surface area contributed by atoms with E-state index in [0.717, 1.165) is 12.1 Å². The number of pyridine rings is 1. The van der Waals surface area contributed by atoms with Gasteiger partial charge in [-0.3, -0.25) is 14.4 Å². The lowest BCUT2D eigenvalue weighted by molar-refractivity contribution is -0.137. The molecule has 1 aromatic heterocycles. The smallest absolute Gasteiger partial charge is 0.245 e. The Morgan fingerprint density at radius 3 is 2.84 bits per heavy atom. The largest absolute Gasteiger partial charge is 0.342 e. The molecule has 2 fully saturated rings. The highest BCUT2D eigenvalue weighted by molar-refractivity contribution is 5.95. The lowest BCUT2D eigenvalue weighted by Gasteiger charge is -2.21. The molecule has 7 nitrogen and oxygen atoms in total. The fourth-order valence-corrected chi connectivity index (χ4v) is 3.12. The summed E-state index contributed by atoms with van der Waals surface area (Å²) in [5.41, 5.74) is 0.995. The molecule has 3 rings (SSSR count). The summed E-state index contributed by atoms with van der Waals surface area (Å²) in [4.78, 5) is 43.9. The molecule has 1 aliphatic heterocycles. The van der Waals surface area contributed by atoms with Crippen LogP contribution in [0.1, 0.15) is 24.8 Å². The van der Waals surface area contributed by atoms with Crippen molar-refractivity contribution in [3.8, 4) is 0 Å². The van der Waals surface area contributed by atoms with Crippen LogP contribution in [0.2, 0.25) is 0 Å². The molecule has 0 spiro atoms. The van der Waals surface area contributed by atoms with E-state index in [1.165, 1.54) is 17.7 Å². The Balaban J connectivity index is 1.50. The molecule has 2 heterocycles. The highest BCUT2D eigenvalue weighted by Crippen LogP contribution is 2.32. The van der Waals surface area contributed by atoms with Crippen LogP contribution < -0.4 is 5.32 Å². The molecule has 1 aromatic rings. The van der Waals surface area contributed by atoms with Gasteiger partial charge in [-0.25, -0.2) is 4.98 Å². The molecule has 1 N–H and O–H groups in total. The minimum Gasteiger partial charge on any atom is -0.342 e. The number of carbonyl (C=O) groups excluding carboxylic acids is 3. The van der Waals surface area contributed by atoms with Crippen molar-refractivity contribution in [1.82, 2.24) is 14.8 Å². The van der Waals surface area contributed by atoms with Crippen molar-refractivity contribution in [2.24, 2.45) is 11.8 Å². The molecule has 0 radical (unpaired) electrons. The van der Waals surface area contributed by atoms with Gasteiger partial charge in [0.15, 0.2) is 0 Å². The normalized spacial score (nSPS) is 19.8. The first-order chi connectivity index (χ1) is 11.9. The van der Waals surface area contributed by atoms with Gasteiger partial charge in [0.05, 0.1) is 12.5 Å². The number of nitrogens with one attached hydrogen (secondary N) is 1. The maximum atomic E-state index is 12.5. The molecule has 0 bridgehead atoms. The zero-order chi connectivity index (χ0) is 18.0. The maximum Gasteiger partial charge on any atom is 0.245 e. The fraction of sp³-hybridized carbons (Fsp3) is 0.556. The fourth-order valence-electron chi connectivity index (χ4n) is 3.12. The third-order valence-corrected chi connectivity index (χ3v) is 4.68. The van der Waals surface area contributed by atoms with E-state index >= 15 is 0 Å². The summed E-state index contributed by atoms with van der Waals surface area (Å²) >= 11 is 0.